The highest BCUT2D eigenvalue weighted by Crippen LogP contribution is 2.25. The van der Waals surface area contributed by atoms with Gasteiger partial charge in [0, 0.05) is 10.0 Å². The normalized spacial score (nSPS) is 10.7. The van der Waals surface area contributed by atoms with Crippen LogP contribution in [-0.4, -0.2) is 18.7 Å². The first-order valence-electron chi connectivity index (χ1n) is 8.97. The summed E-state index contributed by atoms with van der Waals surface area (Å²) in [6.07, 6.45) is 6.81. The lowest BCUT2D eigenvalue weighted by Gasteiger charge is -2.16. The quantitative estimate of drug-likeness (QED) is 0.323. The number of ether oxygens (including phenoxy) is 1. The Morgan fingerprint density at radius 2 is 1.69 bits per heavy atom. The molecule has 1 N–H and O–H groups in total. The number of halogens is 1. The highest BCUT2D eigenvalue weighted by Gasteiger charge is 2.22. The lowest BCUT2D eigenvalue weighted by Crippen LogP contribution is -2.26. The van der Waals surface area contributed by atoms with E-state index in [1.165, 1.54) is 0 Å². The van der Waals surface area contributed by atoms with Crippen molar-refractivity contribution in [3.63, 3.8) is 0 Å². The molecule has 144 valence electrons. The molecule has 0 aliphatic heterocycles. The molecule has 0 unspecified atom stereocenters. The minimum Gasteiger partial charge on any atom is -0.480 e. The molecule has 0 aliphatic rings. The molecule has 0 aliphatic carbocycles. The monoisotopic (exact) mass is 446 g/mol. The predicted molar refractivity (Wildman–Crippen MR) is 119 cm³/mol. The Labute approximate surface area is 178 Å². The third kappa shape index (κ3) is 5.56. The van der Waals surface area contributed by atoms with Crippen LogP contribution in [0, 0.1) is 12.3 Å². The zero-order valence-corrected chi connectivity index (χ0v) is 17.2. The van der Waals surface area contributed by atoms with Crippen molar-refractivity contribution < 1.29 is 9.53 Å². The number of rotatable bonds is 7. The van der Waals surface area contributed by atoms with Gasteiger partial charge in [0.05, 0.1) is 12.1 Å². The number of nitrogens with zero attached hydrogens (tertiary/aromatic N) is 1. The van der Waals surface area contributed by atoms with Gasteiger partial charge < -0.3 is 4.74 Å². The zero-order chi connectivity index (χ0) is 20.5. The van der Waals surface area contributed by atoms with Gasteiger partial charge in [-0.25, -0.2) is 5.43 Å². The van der Waals surface area contributed by atoms with Gasteiger partial charge in [-0.3, -0.25) is 4.79 Å². The van der Waals surface area contributed by atoms with Crippen LogP contribution in [-0.2, 0) is 4.79 Å². The van der Waals surface area contributed by atoms with Crippen LogP contribution >= 0.6 is 15.9 Å². The Morgan fingerprint density at radius 3 is 2.28 bits per heavy atom. The molecule has 0 saturated carbocycles. The fraction of sp³-hybridized carbons (Fsp3) is 0.0833. The number of benzene rings is 3. The van der Waals surface area contributed by atoms with E-state index in [-0.39, 0.29) is 12.5 Å². The van der Waals surface area contributed by atoms with E-state index in [0.717, 1.165) is 15.6 Å². The topological polar surface area (TPSA) is 50.7 Å². The molecule has 3 rings (SSSR count). The molecule has 3 aromatic carbocycles. The van der Waals surface area contributed by atoms with E-state index in [1.54, 1.807) is 12.3 Å². The summed E-state index contributed by atoms with van der Waals surface area (Å²) >= 11 is 3.42. The van der Waals surface area contributed by atoms with Crippen molar-refractivity contribution >= 4 is 28.1 Å². The lowest BCUT2D eigenvalue weighted by atomic mass is 9.91. The fourth-order valence-corrected chi connectivity index (χ4v) is 3.27. The van der Waals surface area contributed by atoms with Gasteiger partial charge in [-0.1, -0.05) is 82.5 Å². The molecule has 3 aromatic rings. The maximum Gasteiger partial charge on any atom is 0.252 e. The Hall–Kier alpha value is -3.36. The van der Waals surface area contributed by atoms with Crippen LogP contribution < -0.4 is 10.2 Å². The third-order valence-electron chi connectivity index (χ3n) is 4.19. The van der Waals surface area contributed by atoms with E-state index < -0.39 is 5.92 Å². The van der Waals surface area contributed by atoms with Crippen LogP contribution in [0.3, 0.4) is 0 Å². The number of hydrazone groups is 1. The minimum atomic E-state index is -0.464. The number of nitrogens with one attached hydrogen (secondary N) is 1. The summed E-state index contributed by atoms with van der Waals surface area (Å²) in [6.45, 7) is 0.152. The van der Waals surface area contributed by atoms with E-state index in [2.05, 4.69) is 32.4 Å². The molecule has 0 spiro atoms. The summed E-state index contributed by atoms with van der Waals surface area (Å²) in [6, 6.07) is 24.7. The molecule has 29 heavy (non-hydrogen) atoms. The number of terminal acetylenes is 1. The Balaban J connectivity index is 1.81. The van der Waals surface area contributed by atoms with Gasteiger partial charge in [0.1, 0.15) is 12.4 Å². The van der Waals surface area contributed by atoms with Crippen molar-refractivity contribution in [3.8, 4) is 18.1 Å². The molecule has 0 bridgehead atoms. The van der Waals surface area contributed by atoms with Crippen molar-refractivity contribution in [2.24, 2.45) is 5.10 Å². The van der Waals surface area contributed by atoms with Gasteiger partial charge in [-0.15, -0.1) is 6.42 Å². The van der Waals surface area contributed by atoms with Gasteiger partial charge in [0.2, 0.25) is 0 Å². The maximum absolute atomic E-state index is 13.0. The average molecular weight is 447 g/mol. The SMILES string of the molecule is C#CCOc1ccc(Br)cc1/C=N\NC(=O)C(c1ccccc1)c1ccccc1. The van der Waals surface area contributed by atoms with Crippen molar-refractivity contribution in [1.82, 2.24) is 5.43 Å². The van der Waals surface area contributed by atoms with E-state index in [1.807, 2.05) is 72.8 Å². The molecule has 0 atom stereocenters. The molecule has 0 aromatic heterocycles. The molecule has 0 radical (unpaired) electrons. The molecular formula is C24H19BrN2O2. The lowest BCUT2D eigenvalue weighted by molar-refractivity contribution is -0.121. The van der Waals surface area contributed by atoms with Gasteiger partial charge in [-0.05, 0) is 29.3 Å². The minimum absolute atomic E-state index is 0.152. The molecule has 0 saturated heterocycles. The van der Waals surface area contributed by atoms with Crippen LogP contribution in [0.1, 0.15) is 22.6 Å². The van der Waals surface area contributed by atoms with Crippen molar-refractivity contribution in [2.75, 3.05) is 6.61 Å². The summed E-state index contributed by atoms with van der Waals surface area (Å²) < 4.78 is 6.39. The highest BCUT2D eigenvalue weighted by molar-refractivity contribution is 9.10. The first-order valence-corrected chi connectivity index (χ1v) is 9.77. The first-order chi connectivity index (χ1) is 14.2. The second-order valence-corrected chi connectivity index (χ2v) is 7.08. The van der Waals surface area contributed by atoms with Gasteiger partial charge in [0.15, 0.2) is 0 Å². The second-order valence-electron chi connectivity index (χ2n) is 6.16. The standard InChI is InChI=1S/C24H19BrN2O2/c1-2-15-29-22-14-13-21(25)16-20(22)17-26-27-24(28)23(18-9-5-3-6-10-18)19-11-7-4-8-12-19/h1,3-14,16-17,23H,15H2,(H,27,28)/b26-17-. The van der Waals surface area contributed by atoms with Crippen molar-refractivity contribution in [2.45, 2.75) is 5.92 Å². The van der Waals surface area contributed by atoms with Crippen LogP contribution in [0.5, 0.6) is 5.75 Å². The summed E-state index contributed by atoms with van der Waals surface area (Å²) in [5.41, 5.74) is 5.14. The van der Waals surface area contributed by atoms with E-state index >= 15 is 0 Å². The van der Waals surface area contributed by atoms with Crippen LogP contribution in [0.2, 0.25) is 0 Å². The molecular weight excluding hydrogens is 428 g/mol. The van der Waals surface area contributed by atoms with Gasteiger partial charge in [0.25, 0.3) is 5.91 Å². The first kappa shape index (κ1) is 20.4. The van der Waals surface area contributed by atoms with Gasteiger partial charge in [-0.2, -0.15) is 5.10 Å². The van der Waals surface area contributed by atoms with Crippen LogP contribution in [0.4, 0.5) is 0 Å². The maximum atomic E-state index is 13.0. The largest absolute Gasteiger partial charge is 0.480 e. The summed E-state index contributed by atoms with van der Waals surface area (Å²) in [7, 11) is 0. The number of amides is 1. The number of hydrogen-bond acceptors (Lipinski definition) is 3. The smallest absolute Gasteiger partial charge is 0.252 e. The van der Waals surface area contributed by atoms with Crippen LogP contribution in [0.25, 0.3) is 0 Å². The summed E-state index contributed by atoms with van der Waals surface area (Å²) in [5.74, 6) is 2.34. The Kier molecular flexibility index (Phi) is 7.21. The molecule has 0 fully saturated rings. The average Bonchev–Trinajstić information content (AvgIpc) is 2.75. The molecule has 1 amide bonds. The number of hydrogen-bond donors (Lipinski definition) is 1. The summed E-state index contributed by atoms with van der Waals surface area (Å²) in [5, 5.41) is 4.15. The van der Waals surface area contributed by atoms with E-state index in [9.17, 15) is 4.79 Å². The zero-order valence-electron chi connectivity index (χ0n) is 15.6. The Morgan fingerprint density at radius 1 is 1.07 bits per heavy atom. The highest BCUT2D eigenvalue weighted by atomic mass is 79.9. The van der Waals surface area contributed by atoms with Crippen molar-refractivity contribution in [1.29, 1.82) is 0 Å². The fourth-order valence-electron chi connectivity index (χ4n) is 2.89. The molecule has 4 nitrogen and oxygen atoms in total. The van der Waals surface area contributed by atoms with Gasteiger partial charge >= 0.3 is 0 Å². The van der Waals surface area contributed by atoms with E-state index in [0.29, 0.717) is 11.3 Å². The Bertz CT molecular complexity index is 988. The second kappa shape index (κ2) is 10.3. The predicted octanol–water partition coefficient (Wildman–Crippen LogP) is 4.74. The number of carbonyl (C=O) groups excluding carboxylic acids is 1. The van der Waals surface area contributed by atoms with E-state index in [4.69, 9.17) is 11.2 Å². The van der Waals surface area contributed by atoms with Crippen LogP contribution in [0.15, 0.2) is 88.4 Å². The summed E-state index contributed by atoms with van der Waals surface area (Å²) in [4.78, 5) is 13.0. The van der Waals surface area contributed by atoms with Crippen molar-refractivity contribution in [3.05, 3.63) is 100 Å². The third-order valence-corrected chi connectivity index (χ3v) is 4.68. The number of carbonyl (C=O) groups is 1. The molecule has 5 heteroatoms. The molecule has 0 heterocycles.